The monoisotopic (exact) mass is 230 g/mol. The van der Waals surface area contributed by atoms with Crippen LogP contribution in [0.25, 0.3) is 0 Å². The van der Waals surface area contributed by atoms with Gasteiger partial charge in [-0.3, -0.25) is 0 Å². The number of fused-ring (bicyclic) bond motifs is 1. The molecule has 0 aromatic heterocycles. The summed E-state index contributed by atoms with van der Waals surface area (Å²) in [5, 5.41) is 0. The third kappa shape index (κ3) is 2.34. The van der Waals surface area contributed by atoms with Gasteiger partial charge < -0.3 is 9.47 Å². The highest BCUT2D eigenvalue weighted by Crippen LogP contribution is 2.32. The lowest BCUT2D eigenvalue weighted by molar-refractivity contribution is 0.170. The molecule has 0 saturated heterocycles. The Hall–Kier alpha value is -0.960. The Labute approximate surface area is 92.9 Å². The van der Waals surface area contributed by atoms with Crippen molar-refractivity contribution in [3.05, 3.63) is 23.5 Å². The number of halogens is 2. The average Bonchev–Trinajstić information content (AvgIpc) is 2.26. The van der Waals surface area contributed by atoms with E-state index in [1.54, 1.807) is 6.07 Å². The third-order valence-electron chi connectivity index (χ3n) is 2.29. The van der Waals surface area contributed by atoms with Crippen molar-refractivity contribution in [2.45, 2.75) is 12.8 Å². The first-order valence-corrected chi connectivity index (χ1v) is 5.48. The summed E-state index contributed by atoms with van der Waals surface area (Å²) in [6, 6.07) is 3.09. The smallest absolute Gasteiger partial charge is 0.164 e. The summed E-state index contributed by atoms with van der Waals surface area (Å²) in [4.78, 5) is 0. The molecule has 1 aromatic rings. The number of rotatable bonds is 3. The van der Waals surface area contributed by atoms with Crippen molar-refractivity contribution in [3.8, 4) is 11.5 Å². The van der Waals surface area contributed by atoms with E-state index in [0.29, 0.717) is 42.6 Å². The number of hydrogen-bond acceptors (Lipinski definition) is 2. The van der Waals surface area contributed by atoms with Gasteiger partial charge in [0.1, 0.15) is 19.0 Å². The summed E-state index contributed by atoms with van der Waals surface area (Å²) in [5.74, 6) is 1.42. The second kappa shape index (κ2) is 4.71. The van der Waals surface area contributed by atoms with Gasteiger partial charge in [-0.2, -0.15) is 0 Å². The van der Waals surface area contributed by atoms with Crippen LogP contribution in [0.3, 0.4) is 0 Å². The summed E-state index contributed by atoms with van der Waals surface area (Å²) >= 11 is 5.57. The van der Waals surface area contributed by atoms with Crippen molar-refractivity contribution >= 4 is 11.6 Å². The van der Waals surface area contributed by atoms with Crippen molar-refractivity contribution in [3.63, 3.8) is 0 Å². The lowest BCUT2D eigenvalue weighted by Crippen LogP contribution is -2.16. The molecule has 0 bridgehead atoms. The van der Waals surface area contributed by atoms with Gasteiger partial charge in [0.15, 0.2) is 11.5 Å². The Morgan fingerprint density at radius 3 is 2.53 bits per heavy atom. The van der Waals surface area contributed by atoms with Gasteiger partial charge in [0, 0.05) is 11.9 Å². The molecule has 0 saturated carbocycles. The van der Waals surface area contributed by atoms with Gasteiger partial charge in [0.25, 0.3) is 0 Å². The third-order valence-corrected chi connectivity index (χ3v) is 2.56. The fraction of sp³-hybridized carbons (Fsp3) is 0.455. The molecule has 4 heteroatoms. The Balaban J connectivity index is 2.24. The van der Waals surface area contributed by atoms with E-state index in [2.05, 4.69) is 0 Å². The largest absolute Gasteiger partial charge is 0.486 e. The molecule has 0 unspecified atom stereocenters. The molecule has 0 spiro atoms. The van der Waals surface area contributed by atoms with Crippen LogP contribution in [0.4, 0.5) is 4.39 Å². The van der Waals surface area contributed by atoms with Crippen molar-refractivity contribution in [1.29, 1.82) is 0 Å². The Morgan fingerprint density at radius 1 is 1.20 bits per heavy atom. The number of hydrogen-bond donors (Lipinski definition) is 0. The van der Waals surface area contributed by atoms with Crippen LogP contribution >= 0.6 is 11.6 Å². The Bertz CT molecular complexity index is 355. The van der Waals surface area contributed by atoms with Gasteiger partial charge in [-0.05, 0) is 24.5 Å². The minimum absolute atomic E-state index is 0.246. The molecule has 0 radical (unpaired) electrons. The zero-order valence-electron chi connectivity index (χ0n) is 8.26. The lowest BCUT2D eigenvalue weighted by atomic mass is 10.1. The van der Waals surface area contributed by atoms with Crippen LogP contribution in [-0.2, 0) is 6.42 Å². The molecule has 82 valence electrons. The molecule has 0 fully saturated rings. The number of ether oxygens (including phenoxy) is 2. The van der Waals surface area contributed by atoms with Crippen LogP contribution in [0.2, 0.25) is 0 Å². The average molecular weight is 231 g/mol. The molecule has 0 N–H and O–H groups in total. The predicted octanol–water partition coefficient (Wildman–Crippen LogP) is 2.77. The molecule has 1 aliphatic rings. The van der Waals surface area contributed by atoms with Gasteiger partial charge in [0.2, 0.25) is 0 Å². The van der Waals surface area contributed by atoms with E-state index < -0.39 is 0 Å². The zero-order valence-corrected chi connectivity index (χ0v) is 9.02. The molecular formula is C11H12ClFO2. The molecule has 0 aliphatic carbocycles. The topological polar surface area (TPSA) is 18.5 Å². The molecule has 0 atom stereocenters. The maximum Gasteiger partial charge on any atom is 0.164 e. The maximum absolute atomic E-state index is 13.5. The van der Waals surface area contributed by atoms with Crippen LogP contribution in [-0.4, -0.2) is 19.1 Å². The second-order valence-electron chi connectivity index (χ2n) is 3.38. The summed E-state index contributed by atoms with van der Waals surface area (Å²) in [6.45, 7) is 1.00. The molecule has 2 nitrogen and oxygen atoms in total. The first-order chi connectivity index (χ1) is 7.31. The fourth-order valence-electron chi connectivity index (χ4n) is 1.55. The second-order valence-corrected chi connectivity index (χ2v) is 3.76. The maximum atomic E-state index is 13.5. The highest BCUT2D eigenvalue weighted by atomic mass is 35.5. The van der Waals surface area contributed by atoms with E-state index in [1.165, 1.54) is 6.07 Å². The minimum atomic E-state index is -0.246. The lowest BCUT2D eigenvalue weighted by Gasteiger charge is -2.19. The Kier molecular flexibility index (Phi) is 3.31. The SMILES string of the molecule is Fc1cc2c(cc1CCCCl)OCCO2. The van der Waals surface area contributed by atoms with Crippen molar-refractivity contribution in [2.75, 3.05) is 19.1 Å². The number of benzene rings is 1. The van der Waals surface area contributed by atoms with Gasteiger partial charge in [-0.15, -0.1) is 11.6 Å². The van der Waals surface area contributed by atoms with Crippen molar-refractivity contribution < 1.29 is 13.9 Å². The number of aryl methyl sites for hydroxylation is 1. The molecule has 2 rings (SSSR count). The molecule has 1 heterocycles. The molecule has 15 heavy (non-hydrogen) atoms. The molecule has 1 aromatic carbocycles. The summed E-state index contributed by atoms with van der Waals surface area (Å²) in [5.41, 5.74) is 0.639. The number of alkyl halides is 1. The van der Waals surface area contributed by atoms with Gasteiger partial charge in [-0.25, -0.2) is 4.39 Å². The summed E-state index contributed by atoms with van der Waals surface area (Å²) < 4.78 is 24.2. The predicted molar refractivity (Wildman–Crippen MR) is 56.4 cm³/mol. The molecule has 1 aliphatic heterocycles. The van der Waals surface area contributed by atoms with E-state index in [1.807, 2.05) is 0 Å². The van der Waals surface area contributed by atoms with Gasteiger partial charge in [-0.1, -0.05) is 0 Å². The van der Waals surface area contributed by atoms with E-state index in [-0.39, 0.29) is 5.82 Å². The highest BCUT2D eigenvalue weighted by Gasteiger charge is 2.15. The van der Waals surface area contributed by atoms with Crippen molar-refractivity contribution in [2.24, 2.45) is 0 Å². The minimum Gasteiger partial charge on any atom is -0.486 e. The summed E-state index contributed by atoms with van der Waals surface area (Å²) in [7, 11) is 0. The zero-order chi connectivity index (χ0) is 10.7. The standard InChI is InChI=1S/C11H12ClFO2/c12-3-1-2-8-6-10-11(7-9(8)13)15-5-4-14-10/h6-7H,1-5H2. The van der Waals surface area contributed by atoms with Crippen LogP contribution in [0.1, 0.15) is 12.0 Å². The first kappa shape index (κ1) is 10.6. The normalized spacial score (nSPS) is 14.0. The first-order valence-electron chi connectivity index (χ1n) is 4.95. The van der Waals surface area contributed by atoms with E-state index in [0.717, 1.165) is 6.42 Å². The van der Waals surface area contributed by atoms with Gasteiger partial charge >= 0.3 is 0 Å². The Morgan fingerprint density at radius 2 is 1.87 bits per heavy atom. The van der Waals surface area contributed by atoms with E-state index in [9.17, 15) is 4.39 Å². The van der Waals surface area contributed by atoms with Crippen LogP contribution in [0.15, 0.2) is 12.1 Å². The molecular weight excluding hydrogens is 219 g/mol. The summed E-state index contributed by atoms with van der Waals surface area (Å²) in [6.07, 6.45) is 1.39. The van der Waals surface area contributed by atoms with Crippen molar-refractivity contribution in [1.82, 2.24) is 0 Å². The van der Waals surface area contributed by atoms with E-state index in [4.69, 9.17) is 21.1 Å². The quantitative estimate of drug-likeness (QED) is 0.744. The molecule has 0 amide bonds. The highest BCUT2D eigenvalue weighted by molar-refractivity contribution is 6.17. The van der Waals surface area contributed by atoms with Crippen LogP contribution < -0.4 is 9.47 Å². The van der Waals surface area contributed by atoms with E-state index >= 15 is 0 Å². The van der Waals surface area contributed by atoms with Crippen LogP contribution in [0.5, 0.6) is 11.5 Å². The fourth-order valence-corrected chi connectivity index (χ4v) is 1.69. The van der Waals surface area contributed by atoms with Crippen LogP contribution in [0, 0.1) is 5.82 Å². The van der Waals surface area contributed by atoms with Gasteiger partial charge in [0.05, 0.1) is 0 Å².